The Labute approximate surface area is 128 Å². The van der Waals surface area contributed by atoms with Crippen molar-refractivity contribution in [2.24, 2.45) is 0 Å². The number of phenolic OH excluding ortho intramolecular Hbond substituents is 1. The molecule has 3 aromatic rings. The van der Waals surface area contributed by atoms with Crippen LogP contribution in [0.2, 0.25) is 0 Å². The average molecular weight is 293 g/mol. The van der Waals surface area contributed by atoms with Gasteiger partial charge in [0.25, 0.3) is 0 Å². The van der Waals surface area contributed by atoms with Crippen molar-refractivity contribution < 1.29 is 14.6 Å². The summed E-state index contributed by atoms with van der Waals surface area (Å²) in [5.74, 6) is -0.599. The number of rotatable bonds is 3. The number of hydrogen-bond acceptors (Lipinski definition) is 4. The number of fused-ring (bicyclic) bond motifs is 1. The highest BCUT2D eigenvalue weighted by Gasteiger charge is 2.18. The van der Waals surface area contributed by atoms with E-state index >= 15 is 0 Å². The quantitative estimate of drug-likeness (QED) is 0.745. The van der Waals surface area contributed by atoms with Crippen LogP contribution in [0.3, 0.4) is 0 Å². The Hall–Kier alpha value is -2.88. The van der Waals surface area contributed by atoms with Crippen LogP contribution in [0.25, 0.3) is 10.8 Å². The maximum Gasteiger partial charge on any atom is 0.342 e. The van der Waals surface area contributed by atoms with Crippen LogP contribution in [0, 0.1) is 0 Å². The van der Waals surface area contributed by atoms with Gasteiger partial charge in [-0.2, -0.15) is 0 Å². The first-order valence-electron chi connectivity index (χ1n) is 6.98. The standard InChI is InChI=1S/C18H15NO3/c1-12(13-8-10-19-11-9-13)22-18(21)16-7-6-14-4-2-3-5-15(14)17(16)20/h2-12,20H,1H3/t12-/m0/s1. The summed E-state index contributed by atoms with van der Waals surface area (Å²) in [7, 11) is 0. The number of aromatic hydroxyl groups is 1. The number of carbonyl (C=O) groups is 1. The molecule has 0 fully saturated rings. The Morgan fingerprint density at radius 2 is 1.82 bits per heavy atom. The van der Waals surface area contributed by atoms with Gasteiger partial charge in [0.1, 0.15) is 17.4 Å². The predicted molar refractivity (Wildman–Crippen MR) is 83.7 cm³/mol. The summed E-state index contributed by atoms with van der Waals surface area (Å²) in [4.78, 5) is 16.2. The van der Waals surface area contributed by atoms with Gasteiger partial charge in [-0.25, -0.2) is 4.79 Å². The smallest absolute Gasteiger partial charge is 0.342 e. The lowest BCUT2D eigenvalue weighted by molar-refractivity contribution is 0.0335. The van der Waals surface area contributed by atoms with E-state index in [0.717, 1.165) is 10.9 Å². The maximum atomic E-state index is 12.3. The molecule has 1 heterocycles. The zero-order valence-electron chi connectivity index (χ0n) is 12.1. The molecule has 1 N–H and O–H groups in total. The van der Waals surface area contributed by atoms with Crippen LogP contribution in [0.1, 0.15) is 28.9 Å². The van der Waals surface area contributed by atoms with E-state index in [1.165, 1.54) is 0 Å². The summed E-state index contributed by atoms with van der Waals surface area (Å²) < 4.78 is 5.43. The molecule has 22 heavy (non-hydrogen) atoms. The van der Waals surface area contributed by atoms with Crippen LogP contribution >= 0.6 is 0 Å². The van der Waals surface area contributed by atoms with Gasteiger partial charge in [-0.05, 0) is 36.1 Å². The van der Waals surface area contributed by atoms with Gasteiger partial charge in [0.15, 0.2) is 0 Å². The monoisotopic (exact) mass is 293 g/mol. The Morgan fingerprint density at radius 1 is 1.09 bits per heavy atom. The molecule has 0 radical (unpaired) electrons. The van der Waals surface area contributed by atoms with Crippen molar-refractivity contribution in [3.8, 4) is 5.75 Å². The fourth-order valence-electron chi connectivity index (χ4n) is 2.35. The fraction of sp³-hybridized carbons (Fsp3) is 0.111. The molecule has 1 atom stereocenters. The number of esters is 1. The van der Waals surface area contributed by atoms with Gasteiger partial charge in [-0.15, -0.1) is 0 Å². The molecule has 4 nitrogen and oxygen atoms in total. The number of nitrogens with zero attached hydrogens (tertiary/aromatic N) is 1. The van der Waals surface area contributed by atoms with Crippen molar-refractivity contribution in [1.29, 1.82) is 0 Å². The van der Waals surface area contributed by atoms with Gasteiger partial charge in [0.2, 0.25) is 0 Å². The number of ether oxygens (including phenoxy) is 1. The van der Waals surface area contributed by atoms with Crippen molar-refractivity contribution in [3.63, 3.8) is 0 Å². The van der Waals surface area contributed by atoms with Crippen LogP contribution < -0.4 is 0 Å². The van der Waals surface area contributed by atoms with Gasteiger partial charge in [0, 0.05) is 17.8 Å². The minimum Gasteiger partial charge on any atom is -0.506 e. The molecule has 0 aliphatic carbocycles. The first kappa shape index (κ1) is 14.1. The highest BCUT2D eigenvalue weighted by molar-refractivity contribution is 6.01. The number of phenols is 1. The van der Waals surface area contributed by atoms with E-state index in [1.807, 2.05) is 18.2 Å². The molecule has 0 unspecified atom stereocenters. The molecule has 0 aliphatic rings. The molecule has 110 valence electrons. The zero-order valence-corrected chi connectivity index (χ0v) is 12.1. The Morgan fingerprint density at radius 3 is 2.59 bits per heavy atom. The van der Waals surface area contributed by atoms with Crippen molar-refractivity contribution in [2.75, 3.05) is 0 Å². The van der Waals surface area contributed by atoms with Crippen LogP contribution in [0.4, 0.5) is 0 Å². The second-order valence-electron chi connectivity index (χ2n) is 5.01. The van der Waals surface area contributed by atoms with Crippen LogP contribution in [-0.4, -0.2) is 16.1 Å². The van der Waals surface area contributed by atoms with Crippen LogP contribution in [0.15, 0.2) is 60.9 Å². The third kappa shape index (κ3) is 2.63. The molecule has 4 heteroatoms. The molecule has 0 spiro atoms. The zero-order chi connectivity index (χ0) is 15.5. The third-order valence-electron chi connectivity index (χ3n) is 3.58. The van der Waals surface area contributed by atoms with Gasteiger partial charge in [-0.1, -0.05) is 30.3 Å². The summed E-state index contributed by atoms with van der Waals surface area (Å²) in [6.07, 6.45) is 2.88. The van der Waals surface area contributed by atoms with E-state index in [1.54, 1.807) is 49.6 Å². The van der Waals surface area contributed by atoms with Crippen molar-refractivity contribution in [1.82, 2.24) is 4.98 Å². The highest BCUT2D eigenvalue weighted by Crippen LogP contribution is 2.30. The molecule has 0 amide bonds. The lowest BCUT2D eigenvalue weighted by Gasteiger charge is -2.14. The second kappa shape index (κ2) is 5.85. The van der Waals surface area contributed by atoms with Crippen molar-refractivity contribution in [2.45, 2.75) is 13.0 Å². The Balaban J connectivity index is 1.88. The minimum absolute atomic E-state index is 0.0509. The Bertz CT molecular complexity index is 815. The minimum atomic E-state index is -0.549. The first-order valence-corrected chi connectivity index (χ1v) is 6.98. The van der Waals surface area contributed by atoms with Crippen LogP contribution in [0.5, 0.6) is 5.75 Å². The van der Waals surface area contributed by atoms with E-state index < -0.39 is 12.1 Å². The van der Waals surface area contributed by atoms with E-state index in [0.29, 0.717) is 5.39 Å². The maximum absolute atomic E-state index is 12.3. The summed E-state index contributed by atoms with van der Waals surface area (Å²) in [6, 6.07) is 14.3. The number of aromatic nitrogens is 1. The van der Waals surface area contributed by atoms with E-state index in [-0.39, 0.29) is 11.3 Å². The lowest BCUT2D eigenvalue weighted by atomic mass is 10.1. The van der Waals surface area contributed by atoms with Crippen molar-refractivity contribution >= 4 is 16.7 Å². The molecule has 0 bridgehead atoms. The second-order valence-corrected chi connectivity index (χ2v) is 5.01. The highest BCUT2D eigenvalue weighted by atomic mass is 16.5. The largest absolute Gasteiger partial charge is 0.506 e. The number of benzene rings is 2. The summed E-state index contributed by atoms with van der Waals surface area (Å²) in [5.41, 5.74) is 1.02. The van der Waals surface area contributed by atoms with Crippen molar-refractivity contribution in [3.05, 3.63) is 72.1 Å². The summed E-state index contributed by atoms with van der Waals surface area (Å²) in [5, 5.41) is 11.8. The van der Waals surface area contributed by atoms with Crippen LogP contribution in [-0.2, 0) is 4.74 Å². The first-order chi connectivity index (χ1) is 10.7. The molecule has 0 saturated heterocycles. The number of hydrogen-bond donors (Lipinski definition) is 1. The summed E-state index contributed by atoms with van der Waals surface area (Å²) >= 11 is 0. The normalized spacial score (nSPS) is 12.0. The summed E-state index contributed by atoms with van der Waals surface area (Å²) in [6.45, 7) is 1.78. The van der Waals surface area contributed by atoms with Gasteiger partial charge < -0.3 is 9.84 Å². The van der Waals surface area contributed by atoms with Gasteiger partial charge in [0.05, 0.1) is 0 Å². The van der Waals surface area contributed by atoms with Gasteiger partial charge >= 0.3 is 5.97 Å². The molecule has 1 aromatic heterocycles. The molecular formula is C18H15NO3. The lowest BCUT2D eigenvalue weighted by Crippen LogP contribution is -2.09. The van der Waals surface area contributed by atoms with E-state index in [4.69, 9.17) is 4.74 Å². The van der Waals surface area contributed by atoms with Gasteiger partial charge in [-0.3, -0.25) is 4.98 Å². The average Bonchev–Trinajstić information content (AvgIpc) is 2.56. The molecule has 2 aromatic carbocycles. The van der Waals surface area contributed by atoms with E-state index in [9.17, 15) is 9.90 Å². The number of pyridine rings is 1. The molecule has 3 rings (SSSR count). The number of carbonyl (C=O) groups excluding carboxylic acids is 1. The fourth-order valence-corrected chi connectivity index (χ4v) is 2.35. The Kier molecular flexibility index (Phi) is 3.74. The molecule has 0 saturated carbocycles. The third-order valence-corrected chi connectivity index (χ3v) is 3.58. The molecular weight excluding hydrogens is 278 g/mol. The SMILES string of the molecule is C[C@H](OC(=O)c1ccc2ccccc2c1O)c1ccncc1. The topological polar surface area (TPSA) is 59.4 Å². The predicted octanol–water partition coefficient (Wildman–Crippen LogP) is 3.86. The molecule has 0 aliphatic heterocycles. The van der Waals surface area contributed by atoms with E-state index in [2.05, 4.69) is 4.98 Å².